The Balaban J connectivity index is 1.86. The molecule has 0 spiro atoms. The van der Waals surface area contributed by atoms with Gasteiger partial charge in [0.2, 0.25) is 0 Å². The number of aromatic amines is 1. The van der Waals surface area contributed by atoms with Crippen LogP contribution in [0.1, 0.15) is 28.3 Å². The topological polar surface area (TPSA) is 43.5 Å². The zero-order chi connectivity index (χ0) is 20.1. The maximum absolute atomic E-state index is 5.84. The summed E-state index contributed by atoms with van der Waals surface area (Å²) in [6.45, 7) is 2.14. The fourth-order valence-electron chi connectivity index (χ4n) is 4.68. The minimum Gasteiger partial charge on any atom is -0.497 e. The van der Waals surface area contributed by atoms with Gasteiger partial charge in [-0.3, -0.25) is 0 Å². The molecule has 0 bridgehead atoms. The van der Waals surface area contributed by atoms with Gasteiger partial charge in [-0.2, -0.15) is 0 Å². The van der Waals surface area contributed by atoms with Crippen LogP contribution in [-0.4, -0.2) is 26.3 Å². The fourth-order valence-corrected chi connectivity index (χ4v) is 4.68. The first-order valence-electron chi connectivity index (χ1n) is 9.67. The molecule has 3 aromatic carbocycles. The molecule has 0 saturated heterocycles. The Hall–Kier alpha value is -3.40. The first-order chi connectivity index (χ1) is 14.2. The molecule has 1 aliphatic carbocycles. The number of hydrogen-bond donors (Lipinski definition) is 1. The third-order valence-corrected chi connectivity index (χ3v) is 5.95. The van der Waals surface area contributed by atoms with Crippen molar-refractivity contribution in [2.45, 2.75) is 12.8 Å². The first kappa shape index (κ1) is 17.7. The summed E-state index contributed by atoms with van der Waals surface area (Å²) in [6.07, 6.45) is 0. The van der Waals surface area contributed by atoms with Crippen molar-refractivity contribution in [1.82, 2.24) is 4.98 Å². The zero-order valence-corrected chi connectivity index (χ0v) is 17.0. The summed E-state index contributed by atoms with van der Waals surface area (Å²) >= 11 is 0. The van der Waals surface area contributed by atoms with Crippen LogP contribution in [0.2, 0.25) is 0 Å². The number of ether oxygens (including phenoxy) is 3. The standard InChI is InChI=1S/C25H23NO3/c1-14-23(20-11-15(27-2)9-10-21(20)26-14)25-18-8-6-5-7-17(18)19-12-16(28-3)13-22(29-4)24(19)25/h5-13,25-26H,1-4H3/t25-/m1/s1. The molecule has 0 amide bonds. The number of methoxy groups -OCH3 is 3. The molecule has 1 atom stereocenters. The Morgan fingerprint density at radius 1 is 0.759 bits per heavy atom. The van der Waals surface area contributed by atoms with Crippen molar-refractivity contribution in [3.63, 3.8) is 0 Å². The van der Waals surface area contributed by atoms with Gasteiger partial charge in [0.15, 0.2) is 0 Å². The van der Waals surface area contributed by atoms with E-state index in [1.807, 2.05) is 12.1 Å². The highest BCUT2D eigenvalue weighted by atomic mass is 16.5. The molecule has 0 radical (unpaired) electrons. The number of hydrogen-bond acceptors (Lipinski definition) is 3. The van der Waals surface area contributed by atoms with Crippen LogP contribution in [0.15, 0.2) is 54.6 Å². The van der Waals surface area contributed by atoms with Crippen LogP contribution >= 0.6 is 0 Å². The van der Waals surface area contributed by atoms with Crippen LogP contribution in [0.3, 0.4) is 0 Å². The third-order valence-electron chi connectivity index (χ3n) is 5.95. The van der Waals surface area contributed by atoms with Crippen molar-refractivity contribution >= 4 is 10.9 Å². The van der Waals surface area contributed by atoms with Crippen molar-refractivity contribution in [1.29, 1.82) is 0 Å². The summed E-state index contributed by atoms with van der Waals surface area (Å²) in [5.41, 5.74) is 8.37. The summed E-state index contributed by atoms with van der Waals surface area (Å²) in [7, 11) is 5.12. The molecule has 5 rings (SSSR count). The lowest BCUT2D eigenvalue weighted by atomic mass is 9.87. The second kappa shape index (κ2) is 6.59. The van der Waals surface area contributed by atoms with Crippen LogP contribution in [0.4, 0.5) is 0 Å². The van der Waals surface area contributed by atoms with Crippen LogP contribution in [0, 0.1) is 6.92 Å². The van der Waals surface area contributed by atoms with Gasteiger partial charge in [-0.1, -0.05) is 24.3 Å². The summed E-state index contributed by atoms with van der Waals surface area (Å²) in [5, 5.41) is 1.17. The largest absolute Gasteiger partial charge is 0.497 e. The lowest BCUT2D eigenvalue weighted by Crippen LogP contribution is -2.03. The minimum atomic E-state index is 0.0721. The predicted molar refractivity (Wildman–Crippen MR) is 116 cm³/mol. The van der Waals surface area contributed by atoms with Crippen LogP contribution < -0.4 is 14.2 Å². The van der Waals surface area contributed by atoms with E-state index in [4.69, 9.17) is 14.2 Å². The molecule has 0 aliphatic heterocycles. The van der Waals surface area contributed by atoms with E-state index in [-0.39, 0.29) is 5.92 Å². The van der Waals surface area contributed by atoms with Crippen LogP contribution in [0.25, 0.3) is 22.0 Å². The highest BCUT2D eigenvalue weighted by Crippen LogP contribution is 2.54. The minimum absolute atomic E-state index is 0.0721. The van der Waals surface area contributed by atoms with E-state index < -0.39 is 0 Å². The summed E-state index contributed by atoms with van der Waals surface area (Å²) in [5.74, 6) is 2.57. The second-order valence-corrected chi connectivity index (χ2v) is 7.39. The van der Waals surface area contributed by atoms with E-state index >= 15 is 0 Å². The number of nitrogens with one attached hydrogen (secondary N) is 1. The summed E-state index contributed by atoms with van der Waals surface area (Å²) in [4.78, 5) is 3.56. The molecule has 1 heterocycles. The van der Waals surface area contributed by atoms with Gasteiger partial charge in [0.05, 0.1) is 21.3 Å². The molecular weight excluding hydrogens is 362 g/mol. The third kappa shape index (κ3) is 2.52. The quantitative estimate of drug-likeness (QED) is 0.434. The SMILES string of the molecule is COc1cc(OC)c2c(c1)-c1ccccc1[C@@H]2c1c(C)[nH]c2ccc(OC)cc12. The lowest BCUT2D eigenvalue weighted by Gasteiger charge is -2.18. The van der Waals surface area contributed by atoms with Gasteiger partial charge in [0, 0.05) is 34.1 Å². The molecule has 1 N–H and O–H groups in total. The van der Waals surface area contributed by atoms with Gasteiger partial charge in [-0.05, 0) is 53.4 Å². The Bertz CT molecular complexity index is 1240. The number of aromatic nitrogens is 1. The van der Waals surface area contributed by atoms with Crippen molar-refractivity contribution < 1.29 is 14.2 Å². The first-order valence-corrected chi connectivity index (χ1v) is 9.67. The van der Waals surface area contributed by atoms with E-state index in [1.165, 1.54) is 33.2 Å². The number of rotatable bonds is 4. The maximum atomic E-state index is 5.84. The number of H-pyrrole nitrogens is 1. The highest BCUT2D eigenvalue weighted by molar-refractivity contribution is 5.92. The smallest absolute Gasteiger partial charge is 0.127 e. The average Bonchev–Trinajstić information content (AvgIpc) is 3.25. The molecule has 0 fully saturated rings. The Morgan fingerprint density at radius 3 is 2.31 bits per heavy atom. The molecule has 4 heteroatoms. The highest BCUT2D eigenvalue weighted by Gasteiger charge is 2.35. The van der Waals surface area contributed by atoms with Gasteiger partial charge in [-0.25, -0.2) is 0 Å². The Kier molecular flexibility index (Phi) is 4.02. The van der Waals surface area contributed by atoms with Crippen molar-refractivity contribution in [3.8, 4) is 28.4 Å². The van der Waals surface area contributed by atoms with Gasteiger partial charge >= 0.3 is 0 Å². The molecule has 4 aromatic rings. The van der Waals surface area contributed by atoms with Crippen molar-refractivity contribution in [2.75, 3.05) is 21.3 Å². The molecule has 29 heavy (non-hydrogen) atoms. The van der Waals surface area contributed by atoms with Crippen molar-refractivity contribution in [3.05, 3.63) is 77.0 Å². The molecular formula is C25H23NO3. The van der Waals surface area contributed by atoms with E-state index in [0.29, 0.717) is 0 Å². The Morgan fingerprint density at radius 2 is 1.55 bits per heavy atom. The number of benzene rings is 3. The van der Waals surface area contributed by atoms with Gasteiger partial charge < -0.3 is 19.2 Å². The maximum Gasteiger partial charge on any atom is 0.127 e. The zero-order valence-electron chi connectivity index (χ0n) is 17.0. The average molecular weight is 385 g/mol. The van der Waals surface area contributed by atoms with Gasteiger partial charge in [-0.15, -0.1) is 0 Å². The van der Waals surface area contributed by atoms with Gasteiger partial charge in [0.25, 0.3) is 0 Å². The molecule has 1 aliphatic rings. The summed E-state index contributed by atoms with van der Waals surface area (Å²) < 4.78 is 16.9. The van der Waals surface area contributed by atoms with E-state index in [1.54, 1.807) is 21.3 Å². The molecule has 1 aromatic heterocycles. The predicted octanol–water partition coefficient (Wildman–Crippen LogP) is 5.66. The monoisotopic (exact) mass is 385 g/mol. The van der Waals surface area contributed by atoms with Crippen LogP contribution in [0.5, 0.6) is 17.2 Å². The number of aryl methyl sites for hydroxylation is 1. The molecule has 0 saturated carbocycles. The second-order valence-electron chi connectivity index (χ2n) is 7.39. The fraction of sp³-hybridized carbons (Fsp3) is 0.200. The number of fused-ring (bicyclic) bond motifs is 4. The Labute approximate surface area is 170 Å². The molecule has 146 valence electrons. The van der Waals surface area contributed by atoms with Crippen molar-refractivity contribution in [2.24, 2.45) is 0 Å². The van der Waals surface area contributed by atoms with E-state index in [2.05, 4.69) is 54.4 Å². The molecule has 0 unspecified atom stereocenters. The van der Waals surface area contributed by atoms with E-state index in [9.17, 15) is 0 Å². The normalized spacial score (nSPS) is 14.6. The van der Waals surface area contributed by atoms with Crippen LogP contribution in [-0.2, 0) is 0 Å². The van der Waals surface area contributed by atoms with Gasteiger partial charge in [0.1, 0.15) is 17.2 Å². The lowest BCUT2D eigenvalue weighted by molar-refractivity contribution is 0.391. The molecule has 4 nitrogen and oxygen atoms in total. The summed E-state index contributed by atoms with van der Waals surface area (Å²) in [6, 6.07) is 18.9. The van der Waals surface area contributed by atoms with E-state index in [0.717, 1.165) is 28.5 Å².